The van der Waals surface area contributed by atoms with E-state index < -0.39 is 0 Å². The Morgan fingerprint density at radius 1 is 0.882 bits per heavy atom. The fraction of sp³-hybridized carbons (Fsp3) is 0.286. The third-order valence-electron chi connectivity index (χ3n) is 6.87. The molecule has 0 radical (unpaired) electrons. The zero-order valence-electron chi connectivity index (χ0n) is 19.2. The first kappa shape index (κ1) is 21.6. The van der Waals surface area contributed by atoms with E-state index in [9.17, 15) is 0 Å². The average molecular weight is 468 g/mol. The molecule has 2 aromatic heterocycles. The Kier molecular flexibility index (Phi) is 6.19. The fourth-order valence-electron chi connectivity index (χ4n) is 5.20. The van der Waals surface area contributed by atoms with Gasteiger partial charge in [-0.15, -0.1) is 0 Å². The maximum absolute atomic E-state index is 4.80. The Bertz CT molecular complexity index is 1210. The monoisotopic (exact) mass is 467 g/mol. The number of pyridine rings is 1. The zero-order chi connectivity index (χ0) is 22.7. The Morgan fingerprint density at radius 2 is 1.68 bits per heavy atom. The molecule has 6 rings (SSSR count). The van der Waals surface area contributed by atoms with E-state index in [0.717, 1.165) is 44.8 Å². The normalized spacial score (nSPS) is 17.6. The van der Waals surface area contributed by atoms with Crippen LogP contribution in [0.3, 0.4) is 0 Å². The molecule has 2 aromatic carbocycles. The Labute approximate surface area is 205 Å². The predicted octanol–water partition coefficient (Wildman–Crippen LogP) is 5.91. The number of fused-ring (bicyclic) bond motifs is 2. The second-order valence-corrected chi connectivity index (χ2v) is 10.4. The molecule has 0 fully saturated rings. The molecule has 3 heterocycles. The number of rotatable bonds is 7. The van der Waals surface area contributed by atoms with Crippen LogP contribution in [0.4, 0.5) is 0 Å². The smallest absolute Gasteiger partial charge is 0.120 e. The molecule has 1 aliphatic heterocycles. The van der Waals surface area contributed by atoms with Crippen molar-refractivity contribution in [2.75, 3.05) is 0 Å². The van der Waals surface area contributed by atoms with Crippen LogP contribution in [0.15, 0.2) is 84.1 Å². The Hall–Kier alpha value is -2.93. The maximum Gasteiger partial charge on any atom is 0.120 e. The van der Waals surface area contributed by atoms with Crippen molar-refractivity contribution in [3.8, 4) is 0 Å². The number of aromatic nitrogens is 3. The molecule has 0 spiro atoms. The summed E-state index contributed by atoms with van der Waals surface area (Å²) in [4.78, 5) is 16.4. The summed E-state index contributed by atoms with van der Waals surface area (Å²) in [6, 6.07) is 22.5. The van der Waals surface area contributed by atoms with Gasteiger partial charge in [-0.05, 0) is 71.7 Å². The van der Waals surface area contributed by atoms with Gasteiger partial charge in [0.05, 0.1) is 18.3 Å². The van der Waals surface area contributed by atoms with E-state index in [4.69, 9.17) is 4.98 Å². The van der Waals surface area contributed by atoms with E-state index in [-0.39, 0.29) is 0 Å². The first-order valence-corrected chi connectivity index (χ1v) is 12.8. The van der Waals surface area contributed by atoms with Crippen molar-refractivity contribution in [1.82, 2.24) is 24.2 Å². The van der Waals surface area contributed by atoms with Gasteiger partial charge >= 0.3 is 0 Å². The standard InChI is InChI=1S/C28H29N5S/c1-2-6-24-19-33(18-23(24)5-1)34-25-12-10-21(11-13-25)17-32(20-27-29-15-16-30-27)26-9-3-7-22-8-4-14-31-28(22)26/h1-2,4-6,8,10-16,26H,3,7,9,17-20H2,(H,29,30). The van der Waals surface area contributed by atoms with Crippen LogP contribution in [-0.4, -0.2) is 24.2 Å². The van der Waals surface area contributed by atoms with Gasteiger partial charge in [0.25, 0.3) is 0 Å². The Morgan fingerprint density at radius 3 is 2.44 bits per heavy atom. The van der Waals surface area contributed by atoms with Crippen LogP contribution in [0.5, 0.6) is 0 Å². The molecular weight excluding hydrogens is 438 g/mol. The van der Waals surface area contributed by atoms with Crippen LogP contribution >= 0.6 is 11.9 Å². The minimum absolute atomic E-state index is 0.312. The van der Waals surface area contributed by atoms with Crippen LogP contribution in [-0.2, 0) is 32.6 Å². The van der Waals surface area contributed by atoms with E-state index in [1.807, 2.05) is 30.5 Å². The highest BCUT2D eigenvalue weighted by molar-refractivity contribution is 7.97. The summed E-state index contributed by atoms with van der Waals surface area (Å²) >= 11 is 1.85. The van der Waals surface area contributed by atoms with Gasteiger partial charge in [0.2, 0.25) is 0 Å². The van der Waals surface area contributed by atoms with Gasteiger partial charge in [0, 0.05) is 43.1 Å². The molecule has 0 bridgehead atoms. The molecule has 1 aliphatic carbocycles. The molecule has 0 saturated carbocycles. The predicted molar refractivity (Wildman–Crippen MR) is 136 cm³/mol. The third kappa shape index (κ3) is 4.67. The van der Waals surface area contributed by atoms with Gasteiger partial charge in [-0.1, -0.05) is 42.5 Å². The molecule has 0 amide bonds. The van der Waals surface area contributed by atoms with Crippen molar-refractivity contribution in [3.05, 3.63) is 113 Å². The molecule has 172 valence electrons. The average Bonchev–Trinajstić information content (AvgIpc) is 3.54. The lowest BCUT2D eigenvalue weighted by molar-refractivity contribution is 0.153. The number of aromatic amines is 1. The molecule has 1 atom stereocenters. The summed E-state index contributed by atoms with van der Waals surface area (Å²) in [5.74, 6) is 1.00. The van der Waals surface area contributed by atoms with Crippen LogP contribution in [0.1, 0.15) is 52.7 Å². The van der Waals surface area contributed by atoms with E-state index in [1.54, 1.807) is 0 Å². The van der Waals surface area contributed by atoms with Crippen LogP contribution in [0.25, 0.3) is 0 Å². The van der Waals surface area contributed by atoms with Crippen molar-refractivity contribution in [1.29, 1.82) is 0 Å². The van der Waals surface area contributed by atoms with E-state index >= 15 is 0 Å². The molecule has 2 aliphatic rings. The number of nitrogens with one attached hydrogen (secondary N) is 1. The van der Waals surface area contributed by atoms with Gasteiger partial charge in [-0.3, -0.25) is 9.88 Å². The number of aryl methyl sites for hydroxylation is 1. The first-order chi connectivity index (χ1) is 16.8. The lowest BCUT2D eigenvalue weighted by Crippen LogP contribution is -2.31. The molecule has 0 saturated heterocycles. The number of benzene rings is 2. The van der Waals surface area contributed by atoms with Crippen molar-refractivity contribution in [2.24, 2.45) is 0 Å². The van der Waals surface area contributed by atoms with Crippen molar-refractivity contribution >= 4 is 11.9 Å². The van der Waals surface area contributed by atoms with Crippen molar-refractivity contribution in [2.45, 2.75) is 56.4 Å². The minimum Gasteiger partial charge on any atom is -0.348 e. The van der Waals surface area contributed by atoms with E-state index in [0.29, 0.717) is 6.04 Å². The summed E-state index contributed by atoms with van der Waals surface area (Å²) in [5, 5.41) is 0. The van der Waals surface area contributed by atoms with Crippen molar-refractivity contribution in [3.63, 3.8) is 0 Å². The summed E-state index contributed by atoms with van der Waals surface area (Å²) in [5.41, 5.74) is 6.84. The summed E-state index contributed by atoms with van der Waals surface area (Å²) < 4.78 is 2.44. The van der Waals surface area contributed by atoms with Crippen LogP contribution in [0, 0.1) is 0 Å². The van der Waals surface area contributed by atoms with Gasteiger partial charge in [-0.25, -0.2) is 9.29 Å². The maximum atomic E-state index is 4.80. The molecule has 4 aromatic rings. The molecule has 5 nitrogen and oxygen atoms in total. The summed E-state index contributed by atoms with van der Waals surface area (Å²) in [7, 11) is 0. The Balaban J connectivity index is 1.18. The highest BCUT2D eigenvalue weighted by Gasteiger charge is 2.28. The fourth-order valence-corrected chi connectivity index (χ4v) is 6.16. The summed E-state index contributed by atoms with van der Waals surface area (Å²) in [6.45, 7) is 3.68. The lowest BCUT2D eigenvalue weighted by Gasteiger charge is -2.34. The zero-order valence-corrected chi connectivity index (χ0v) is 20.0. The van der Waals surface area contributed by atoms with Crippen molar-refractivity contribution < 1.29 is 0 Å². The number of imidazole rings is 1. The SMILES string of the molecule is c1ccc2c(c1)CN(Sc1ccc(CN(Cc3ncc[nH]3)C3CCCc4cccnc43)cc1)C2. The van der Waals surface area contributed by atoms with Gasteiger partial charge < -0.3 is 4.98 Å². The number of hydrogen-bond donors (Lipinski definition) is 1. The van der Waals surface area contributed by atoms with Crippen LogP contribution in [0.2, 0.25) is 0 Å². The summed E-state index contributed by atoms with van der Waals surface area (Å²) in [6.07, 6.45) is 9.14. The van der Waals surface area contributed by atoms with Crippen LogP contribution < -0.4 is 0 Å². The molecule has 1 unspecified atom stereocenters. The molecule has 6 heteroatoms. The second kappa shape index (κ2) is 9.74. The van der Waals surface area contributed by atoms with Gasteiger partial charge in [0.15, 0.2) is 0 Å². The minimum atomic E-state index is 0.312. The second-order valence-electron chi connectivity index (χ2n) is 9.20. The largest absolute Gasteiger partial charge is 0.348 e. The highest BCUT2D eigenvalue weighted by Crippen LogP contribution is 2.35. The van der Waals surface area contributed by atoms with Gasteiger partial charge in [0.1, 0.15) is 5.82 Å². The molecule has 1 N–H and O–H groups in total. The highest BCUT2D eigenvalue weighted by atomic mass is 32.2. The van der Waals surface area contributed by atoms with E-state index in [1.165, 1.54) is 39.3 Å². The topological polar surface area (TPSA) is 48.0 Å². The quantitative estimate of drug-likeness (QED) is 0.343. The van der Waals surface area contributed by atoms with E-state index in [2.05, 4.69) is 79.8 Å². The number of hydrogen-bond acceptors (Lipinski definition) is 5. The molecular formula is C28H29N5S. The third-order valence-corrected chi connectivity index (χ3v) is 7.87. The number of nitrogens with zero attached hydrogens (tertiary/aromatic N) is 4. The number of H-pyrrole nitrogens is 1. The van der Waals surface area contributed by atoms with Gasteiger partial charge in [-0.2, -0.15) is 0 Å². The lowest BCUT2D eigenvalue weighted by atomic mass is 9.90. The first-order valence-electron chi connectivity index (χ1n) is 12.1. The molecule has 34 heavy (non-hydrogen) atoms.